The number of benzene rings is 11. The van der Waals surface area contributed by atoms with E-state index in [4.69, 9.17) is 0 Å². The average molecular weight is 942 g/mol. The Kier molecular flexibility index (Phi) is 7.70. The minimum atomic E-state index is -0.202. The third-order valence-corrected chi connectivity index (χ3v) is 17.8. The highest BCUT2D eigenvalue weighted by Crippen LogP contribution is 2.54. The molecule has 13 aromatic rings. The van der Waals surface area contributed by atoms with E-state index in [1.807, 2.05) is 0 Å². The van der Waals surface area contributed by atoms with Crippen molar-refractivity contribution in [3.8, 4) is 55.9 Å². The van der Waals surface area contributed by atoms with Crippen LogP contribution in [0.4, 0.5) is 17.1 Å². The molecule has 17 rings (SSSR count). The molecule has 0 unspecified atom stereocenters. The maximum absolute atomic E-state index is 2.69. The molecule has 2 aromatic heterocycles. The van der Waals surface area contributed by atoms with E-state index in [0.29, 0.717) is 0 Å². The second-order valence-corrected chi connectivity index (χ2v) is 22.1. The molecule has 0 radical (unpaired) electrons. The van der Waals surface area contributed by atoms with Crippen molar-refractivity contribution in [1.82, 2.24) is 9.13 Å². The maximum atomic E-state index is 2.69. The predicted octanol–water partition coefficient (Wildman–Crippen LogP) is 16.2. The minimum absolute atomic E-state index is 0.0409. The first-order valence-corrected chi connectivity index (χ1v) is 26.3. The summed E-state index contributed by atoms with van der Waals surface area (Å²) in [5.74, 6) is 0. The largest absolute Gasteiger partial charge is 0.311 e. The lowest BCUT2D eigenvalue weighted by atomic mass is 9.33. The lowest BCUT2D eigenvalue weighted by Crippen LogP contribution is -2.61. The molecule has 2 aliphatic heterocycles. The monoisotopic (exact) mass is 941 g/mol. The van der Waals surface area contributed by atoms with E-state index in [-0.39, 0.29) is 12.1 Å². The third kappa shape index (κ3) is 4.94. The Morgan fingerprint density at radius 3 is 1.88 bits per heavy atom. The van der Waals surface area contributed by atoms with Crippen molar-refractivity contribution in [1.29, 1.82) is 0 Å². The lowest BCUT2D eigenvalue weighted by Gasteiger charge is -2.41. The number of rotatable bonds is 3. The lowest BCUT2D eigenvalue weighted by molar-refractivity contribution is 0.661. The summed E-state index contributed by atoms with van der Waals surface area (Å²) in [5.41, 5.74) is 32.1. The second-order valence-electron chi connectivity index (χ2n) is 22.1. The van der Waals surface area contributed by atoms with E-state index >= 15 is 0 Å². The summed E-state index contributed by atoms with van der Waals surface area (Å²) in [6, 6.07) is 76.9. The summed E-state index contributed by atoms with van der Waals surface area (Å²) in [6.07, 6.45) is 0. The van der Waals surface area contributed by atoms with Crippen molar-refractivity contribution < 1.29 is 0 Å². The summed E-state index contributed by atoms with van der Waals surface area (Å²) in [5, 5.41) is 7.83. The topological polar surface area (TPSA) is 13.1 Å². The molecule has 0 spiro atoms. The first kappa shape index (κ1) is 40.7. The van der Waals surface area contributed by atoms with Crippen molar-refractivity contribution in [2.45, 2.75) is 40.0 Å². The van der Waals surface area contributed by atoms with Crippen LogP contribution in [0.3, 0.4) is 0 Å². The Bertz CT molecular complexity index is 4710. The summed E-state index contributed by atoms with van der Waals surface area (Å²) in [4.78, 5) is 2.57. The van der Waals surface area contributed by atoms with E-state index in [1.165, 1.54) is 160 Å². The highest BCUT2D eigenvalue weighted by Gasteiger charge is 2.48. The quantitative estimate of drug-likeness (QED) is 0.161. The van der Waals surface area contributed by atoms with Crippen molar-refractivity contribution in [2.24, 2.45) is 0 Å². The number of aromatic nitrogens is 2. The molecule has 3 nitrogen and oxygen atoms in total. The molecule has 74 heavy (non-hydrogen) atoms. The van der Waals surface area contributed by atoms with Crippen LogP contribution in [-0.2, 0) is 5.41 Å². The second kappa shape index (κ2) is 14.0. The van der Waals surface area contributed by atoms with Gasteiger partial charge in [0.25, 0.3) is 6.71 Å². The van der Waals surface area contributed by atoms with Crippen LogP contribution in [0.1, 0.15) is 41.7 Å². The smallest absolute Gasteiger partial charge is 0.252 e. The van der Waals surface area contributed by atoms with Crippen LogP contribution >= 0.6 is 0 Å². The van der Waals surface area contributed by atoms with Crippen LogP contribution in [-0.4, -0.2) is 15.8 Å². The standard InChI is InChI=1S/C70H48BN3/c1-39-33-40(2)62(41(3)34-39)43-30-31-56-51(35-43)52-38-54-64(50-22-11-12-25-53(50)70(54,4)5)68-69(52)74(56)61-37-45(36-60-67(61)71(68)55-26-13-14-27-57(55)72(60)44-18-7-6-8-19-44)73-58-28-16-24-49-47-21-10-9-20-46(47)48-23-15-17-42-29-32-59(73)66(63(42)48)65(49)58/h6-38H,1-5H3. The van der Waals surface area contributed by atoms with Gasteiger partial charge in [0.1, 0.15) is 0 Å². The van der Waals surface area contributed by atoms with Crippen LogP contribution in [0.25, 0.3) is 110 Å². The molecule has 4 aliphatic rings. The number of para-hydroxylation sites is 2. The Morgan fingerprint density at radius 1 is 0.405 bits per heavy atom. The Hall–Kier alpha value is -8.86. The van der Waals surface area contributed by atoms with Gasteiger partial charge in [-0.05, 0) is 175 Å². The zero-order valence-corrected chi connectivity index (χ0v) is 42.0. The van der Waals surface area contributed by atoms with Crippen LogP contribution in [0, 0.1) is 20.8 Å². The molecule has 0 saturated heterocycles. The zero-order valence-electron chi connectivity index (χ0n) is 42.0. The SMILES string of the molecule is Cc1cc(C)c(-c2ccc3c(c2)c2cc4c(c5c2n3-c2cc(-n3c6cccc7c6c6c8c(cccc8ccc63)-c3ccccc3-7)cc3c2B5c2ccccc2N3c2ccccc2)-c2ccccc2C4(C)C)c(C)c1. The van der Waals surface area contributed by atoms with Crippen molar-refractivity contribution in [3.63, 3.8) is 0 Å². The molecule has 0 bridgehead atoms. The molecular weight excluding hydrogens is 894 g/mol. The Balaban J connectivity index is 1.07. The fraction of sp³-hybridized carbons (Fsp3) is 0.0857. The molecule has 0 N–H and O–H groups in total. The van der Waals surface area contributed by atoms with Crippen LogP contribution in [0.2, 0.25) is 0 Å². The molecule has 11 aromatic carbocycles. The number of hydrogen-bond donors (Lipinski definition) is 0. The summed E-state index contributed by atoms with van der Waals surface area (Å²) in [7, 11) is 0. The summed E-state index contributed by atoms with van der Waals surface area (Å²) in [6.45, 7) is 11.6. The number of hydrogen-bond acceptors (Lipinski definition) is 1. The van der Waals surface area contributed by atoms with E-state index in [1.54, 1.807) is 0 Å². The first-order chi connectivity index (χ1) is 36.2. The van der Waals surface area contributed by atoms with Crippen LogP contribution in [0.5, 0.6) is 0 Å². The van der Waals surface area contributed by atoms with Gasteiger partial charge in [0.15, 0.2) is 0 Å². The predicted molar refractivity (Wildman–Crippen MR) is 314 cm³/mol. The fourth-order valence-electron chi connectivity index (χ4n) is 15.1. The molecule has 0 atom stereocenters. The Labute approximate surface area is 430 Å². The molecular formula is C70H48BN3. The minimum Gasteiger partial charge on any atom is -0.311 e. The first-order valence-electron chi connectivity index (χ1n) is 26.3. The van der Waals surface area contributed by atoms with Gasteiger partial charge in [-0.3, -0.25) is 0 Å². The van der Waals surface area contributed by atoms with E-state index in [0.717, 1.165) is 11.4 Å². The summed E-state index contributed by atoms with van der Waals surface area (Å²) >= 11 is 0. The van der Waals surface area contributed by atoms with Gasteiger partial charge in [-0.15, -0.1) is 0 Å². The van der Waals surface area contributed by atoms with E-state index in [2.05, 4.69) is 249 Å². The number of aryl methyl sites for hydroxylation is 3. The fourth-order valence-corrected chi connectivity index (χ4v) is 15.1. The molecule has 0 saturated carbocycles. The highest BCUT2D eigenvalue weighted by atomic mass is 15.2. The molecule has 0 fully saturated rings. The van der Waals surface area contributed by atoms with Crippen molar-refractivity contribution in [2.75, 3.05) is 4.90 Å². The highest BCUT2D eigenvalue weighted by molar-refractivity contribution is 7.01. The third-order valence-electron chi connectivity index (χ3n) is 17.8. The van der Waals surface area contributed by atoms with Gasteiger partial charge >= 0.3 is 0 Å². The zero-order chi connectivity index (χ0) is 49.0. The van der Waals surface area contributed by atoms with Gasteiger partial charge in [0, 0.05) is 55.2 Å². The van der Waals surface area contributed by atoms with Gasteiger partial charge in [-0.2, -0.15) is 0 Å². The van der Waals surface area contributed by atoms with Gasteiger partial charge in [-0.1, -0.05) is 159 Å². The van der Waals surface area contributed by atoms with Crippen molar-refractivity contribution >= 4 is 94.5 Å². The maximum Gasteiger partial charge on any atom is 0.252 e. The van der Waals surface area contributed by atoms with Crippen LogP contribution in [0.15, 0.2) is 200 Å². The Morgan fingerprint density at radius 2 is 1.07 bits per heavy atom. The summed E-state index contributed by atoms with van der Waals surface area (Å²) < 4.78 is 5.28. The van der Waals surface area contributed by atoms with Gasteiger partial charge in [-0.25, -0.2) is 0 Å². The van der Waals surface area contributed by atoms with Crippen molar-refractivity contribution in [3.05, 3.63) is 228 Å². The number of nitrogens with zero attached hydrogens (tertiary/aromatic N) is 3. The number of anilines is 3. The molecule has 0 amide bonds. The van der Waals surface area contributed by atoms with Gasteiger partial charge < -0.3 is 14.0 Å². The van der Waals surface area contributed by atoms with E-state index in [9.17, 15) is 0 Å². The van der Waals surface area contributed by atoms with Gasteiger partial charge in [0.05, 0.1) is 22.2 Å². The normalized spacial score (nSPS) is 14.1. The molecule has 2 aliphatic carbocycles. The van der Waals surface area contributed by atoms with Crippen LogP contribution < -0.4 is 21.3 Å². The van der Waals surface area contributed by atoms with Gasteiger partial charge in [0.2, 0.25) is 0 Å². The molecule has 346 valence electrons. The number of fused-ring (bicyclic) bond motifs is 14. The molecule has 4 heterocycles. The average Bonchev–Trinajstić information content (AvgIpc) is 4.03. The molecule has 4 heteroatoms. The van der Waals surface area contributed by atoms with E-state index < -0.39 is 0 Å².